The van der Waals surface area contributed by atoms with Crippen LogP contribution in [0.1, 0.15) is 26.2 Å². The van der Waals surface area contributed by atoms with Crippen molar-refractivity contribution in [1.82, 2.24) is 0 Å². The van der Waals surface area contributed by atoms with E-state index >= 15 is 0 Å². The molecular formula is C8H14O2. The first kappa shape index (κ1) is 7.76. The summed E-state index contributed by atoms with van der Waals surface area (Å²) in [5, 5.41) is 17.9. The highest BCUT2D eigenvalue weighted by atomic mass is 16.3. The van der Waals surface area contributed by atoms with E-state index in [9.17, 15) is 0 Å². The lowest BCUT2D eigenvalue weighted by atomic mass is 9.88. The van der Waals surface area contributed by atoms with Crippen molar-refractivity contribution in [3.63, 3.8) is 0 Å². The molecule has 0 aromatic heterocycles. The van der Waals surface area contributed by atoms with Gasteiger partial charge in [-0.2, -0.15) is 0 Å². The van der Waals surface area contributed by atoms with E-state index in [1.165, 1.54) is 0 Å². The Morgan fingerprint density at radius 1 is 1.50 bits per heavy atom. The van der Waals surface area contributed by atoms with Crippen molar-refractivity contribution in [1.29, 1.82) is 0 Å². The number of unbranched alkanes of at least 4 members (excludes halogenated alkanes) is 1. The Morgan fingerprint density at radius 2 is 2.20 bits per heavy atom. The van der Waals surface area contributed by atoms with E-state index in [0.717, 1.165) is 24.8 Å². The van der Waals surface area contributed by atoms with Gasteiger partial charge >= 0.3 is 0 Å². The molecule has 0 radical (unpaired) electrons. The first-order valence-corrected chi connectivity index (χ1v) is 3.82. The van der Waals surface area contributed by atoms with Crippen molar-refractivity contribution in [3.8, 4) is 0 Å². The zero-order valence-corrected chi connectivity index (χ0v) is 6.25. The molecule has 1 aliphatic carbocycles. The molecule has 0 saturated heterocycles. The second-order valence-electron chi connectivity index (χ2n) is 2.78. The van der Waals surface area contributed by atoms with Crippen LogP contribution in [0, 0.1) is 0 Å². The van der Waals surface area contributed by atoms with Crippen LogP contribution >= 0.6 is 0 Å². The molecule has 1 aliphatic rings. The van der Waals surface area contributed by atoms with Crippen molar-refractivity contribution in [3.05, 3.63) is 11.6 Å². The molecule has 10 heavy (non-hydrogen) atoms. The van der Waals surface area contributed by atoms with Crippen LogP contribution in [0.2, 0.25) is 0 Å². The number of rotatable bonds is 3. The Balaban J connectivity index is 2.25. The van der Waals surface area contributed by atoms with Gasteiger partial charge in [-0.15, -0.1) is 0 Å². The Labute approximate surface area is 61.2 Å². The maximum Gasteiger partial charge on any atom is 0.105 e. The van der Waals surface area contributed by atoms with E-state index in [0.29, 0.717) is 0 Å². The molecule has 2 atom stereocenters. The highest BCUT2D eigenvalue weighted by Gasteiger charge is 2.27. The van der Waals surface area contributed by atoms with E-state index in [2.05, 4.69) is 6.92 Å². The molecule has 2 nitrogen and oxygen atoms in total. The van der Waals surface area contributed by atoms with Gasteiger partial charge in [0.25, 0.3) is 0 Å². The topological polar surface area (TPSA) is 40.5 Å². The minimum Gasteiger partial charge on any atom is -0.386 e. The number of hydrogen-bond donors (Lipinski definition) is 2. The Kier molecular flexibility index (Phi) is 2.46. The second-order valence-corrected chi connectivity index (χ2v) is 2.78. The lowest BCUT2D eigenvalue weighted by Gasteiger charge is -2.27. The fourth-order valence-corrected chi connectivity index (χ4v) is 1.12. The van der Waals surface area contributed by atoms with Crippen LogP contribution in [0.15, 0.2) is 11.6 Å². The maximum absolute atomic E-state index is 9.08. The first-order chi connectivity index (χ1) is 4.75. The van der Waals surface area contributed by atoms with Gasteiger partial charge in [-0.25, -0.2) is 0 Å². The molecule has 58 valence electrons. The molecule has 2 N–H and O–H groups in total. The minimum absolute atomic E-state index is 0.563. The third kappa shape index (κ3) is 1.39. The molecule has 2 heteroatoms. The average molecular weight is 142 g/mol. The fraction of sp³-hybridized carbons (Fsp3) is 0.750. The van der Waals surface area contributed by atoms with Crippen molar-refractivity contribution < 1.29 is 10.2 Å². The molecule has 0 unspecified atom stereocenters. The molecule has 0 aromatic carbocycles. The van der Waals surface area contributed by atoms with E-state index in [-0.39, 0.29) is 0 Å². The SMILES string of the molecule is CCCCC1=C[C@@H](O)[C@H]1O. The molecular weight excluding hydrogens is 128 g/mol. The molecule has 0 saturated carbocycles. The maximum atomic E-state index is 9.08. The summed E-state index contributed by atoms with van der Waals surface area (Å²) in [5.41, 5.74) is 1.01. The smallest absolute Gasteiger partial charge is 0.105 e. The molecule has 1 rings (SSSR count). The largest absolute Gasteiger partial charge is 0.386 e. The lowest BCUT2D eigenvalue weighted by Crippen LogP contribution is -2.35. The Hall–Kier alpha value is -0.340. The van der Waals surface area contributed by atoms with Crippen LogP contribution in [0.5, 0.6) is 0 Å². The summed E-state index contributed by atoms with van der Waals surface area (Å²) in [6.07, 6.45) is 3.77. The fourth-order valence-electron chi connectivity index (χ4n) is 1.12. The summed E-state index contributed by atoms with van der Waals surface area (Å²) >= 11 is 0. The van der Waals surface area contributed by atoms with Crippen LogP contribution in [-0.4, -0.2) is 22.4 Å². The van der Waals surface area contributed by atoms with Gasteiger partial charge in [0.15, 0.2) is 0 Å². The summed E-state index contributed by atoms with van der Waals surface area (Å²) in [4.78, 5) is 0. The molecule has 0 amide bonds. The first-order valence-electron chi connectivity index (χ1n) is 3.82. The Morgan fingerprint density at radius 3 is 2.60 bits per heavy atom. The number of aliphatic hydroxyl groups excluding tert-OH is 2. The summed E-state index contributed by atoms with van der Waals surface area (Å²) in [6, 6.07) is 0. The molecule has 0 aliphatic heterocycles. The lowest BCUT2D eigenvalue weighted by molar-refractivity contribution is 0.0455. The van der Waals surface area contributed by atoms with Crippen molar-refractivity contribution in [2.45, 2.75) is 38.4 Å². The van der Waals surface area contributed by atoms with Gasteiger partial charge < -0.3 is 10.2 Å². The standard InChI is InChI=1S/C8H14O2/c1-2-3-4-6-5-7(9)8(6)10/h5,7-10H,2-4H2,1H3/t7-,8+/m1/s1. The minimum atomic E-state index is -0.591. The number of aliphatic hydroxyl groups is 2. The predicted octanol–water partition coefficient (Wildman–Crippen LogP) is 0.838. The summed E-state index contributed by atoms with van der Waals surface area (Å²) in [7, 11) is 0. The van der Waals surface area contributed by atoms with Gasteiger partial charge in [-0.3, -0.25) is 0 Å². The van der Waals surface area contributed by atoms with Crippen LogP contribution < -0.4 is 0 Å². The van der Waals surface area contributed by atoms with Crippen molar-refractivity contribution >= 4 is 0 Å². The zero-order chi connectivity index (χ0) is 7.56. The summed E-state index contributed by atoms with van der Waals surface area (Å²) in [6.45, 7) is 2.11. The average Bonchev–Trinajstić information content (AvgIpc) is 1.97. The second kappa shape index (κ2) is 3.17. The van der Waals surface area contributed by atoms with E-state index < -0.39 is 12.2 Å². The molecule has 0 spiro atoms. The van der Waals surface area contributed by atoms with Gasteiger partial charge in [0, 0.05) is 0 Å². The highest BCUT2D eigenvalue weighted by Crippen LogP contribution is 2.24. The van der Waals surface area contributed by atoms with E-state index in [1.807, 2.05) is 0 Å². The van der Waals surface area contributed by atoms with Crippen molar-refractivity contribution in [2.24, 2.45) is 0 Å². The normalized spacial score (nSPS) is 31.3. The van der Waals surface area contributed by atoms with Crippen LogP contribution in [0.4, 0.5) is 0 Å². The van der Waals surface area contributed by atoms with Crippen LogP contribution in [0.3, 0.4) is 0 Å². The van der Waals surface area contributed by atoms with Gasteiger partial charge in [-0.1, -0.05) is 19.4 Å². The summed E-state index contributed by atoms with van der Waals surface area (Å²) in [5.74, 6) is 0. The van der Waals surface area contributed by atoms with Crippen LogP contribution in [0.25, 0.3) is 0 Å². The van der Waals surface area contributed by atoms with Gasteiger partial charge in [0.05, 0.1) is 0 Å². The van der Waals surface area contributed by atoms with Crippen molar-refractivity contribution in [2.75, 3.05) is 0 Å². The molecule has 0 bridgehead atoms. The molecule has 0 aromatic rings. The van der Waals surface area contributed by atoms with Gasteiger partial charge in [0.2, 0.25) is 0 Å². The van der Waals surface area contributed by atoms with Gasteiger partial charge in [-0.05, 0) is 18.4 Å². The summed E-state index contributed by atoms with van der Waals surface area (Å²) < 4.78 is 0. The van der Waals surface area contributed by atoms with E-state index in [1.54, 1.807) is 6.08 Å². The zero-order valence-electron chi connectivity index (χ0n) is 6.25. The molecule has 0 heterocycles. The molecule has 0 fully saturated rings. The monoisotopic (exact) mass is 142 g/mol. The predicted molar refractivity (Wildman–Crippen MR) is 39.6 cm³/mol. The highest BCUT2D eigenvalue weighted by molar-refractivity contribution is 5.24. The third-order valence-corrected chi connectivity index (χ3v) is 1.91. The third-order valence-electron chi connectivity index (χ3n) is 1.91. The number of hydrogen-bond acceptors (Lipinski definition) is 2. The van der Waals surface area contributed by atoms with Crippen LogP contribution in [-0.2, 0) is 0 Å². The Bertz CT molecular complexity index is 140. The quantitative estimate of drug-likeness (QED) is 0.573. The van der Waals surface area contributed by atoms with E-state index in [4.69, 9.17) is 10.2 Å². The van der Waals surface area contributed by atoms with Gasteiger partial charge in [0.1, 0.15) is 12.2 Å².